The number of carbonyl (C=O) groups excluding carboxylic acids is 1. The number of carbonyl (C=O) groups is 1. The van der Waals surface area contributed by atoms with Gasteiger partial charge in [-0.3, -0.25) is 0 Å². The van der Waals surface area contributed by atoms with Crippen molar-refractivity contribution < 1.29 is 21.9 Å². The third-order valence-corrected chi connectivity index (χ3v) is 0.850. The summed E-state index contributed by atoms with van der Waals surface area (Å²) in [7, 11) is 1.25. The number of aryl methyl sites for hydroxylation is 1. The van der Waals surface area contributed by atoms with Crippen molar-refractivity contribution in [2.24, 2.45) is 0 Å². The topological polar surface area (TPSA) is 139 Å². The average Bonchev–Trinajstić information content (AvgIpc) is 2.40. The molecule has 14 heavy (non-hydrogen) atoms. The van der Waals surface area contributed by atoms with Gasteiger partial charge in [-0.05, 0) is 12.6 Å². The predicted molar refractivity (Wildman–Crippen MR) is 50.7 cm³/mol. The molecular formula is C6H14CuN6O-4. The summed E-state index contributed by atoms with van der Waals surface area (Å²) in [5.74, 6) is -0.171. The molecule has 0 saturated heterocycles. The molecule has 0 atom stereocenters. The van der Waals surface area contributed by atoms with Crippen LogP contribution in [0.3, 0.4) is 0 Å². The van der Waals surface area contributed by atoms with Gasteiger partial charge in [-0.15, -0.1) is 6.20 Å². The molecule has 0 aliphatic carbocycles. The van der Waals surface area contributed by atoms with E-state index >= 15 is 0 Å². The summed E-state index contributed by atoms with van der Waals surface area (Å²) >= 11 is 0. The van der Waals surface area contributed by atoms with Crippen LogP contribution in [-0.4, -0.2) is 27.9 Å². The van der Waals surface area contributed by atoms with Gasteiger partial charge in [-0.25, -0.2) is 0 Å². The number of nitrogens with zero attached hydrogens (tertiary/aromatic N) is 3. The van der Waals surface area contributed by atoms with Gasteiger partial charge in [0.25, 0.3) is 0 Å². The zero-order valence-electron chi connectivity index (χ0n) is 8.21. The Morgan fingerprint density at radius 2 is 1.86 bits per heavy atom. The Morgan fingerprint density at radius 1 is 1.43 bits per heavy atom. The monoisotopic (exact) mass is 249 g/mol. The predicted octanol–water partition coefficient (Wildman–Crippen LogP) is 2.15. The molecule has 1 aromatic heterocycles. The van der Waals surface area contributed by atoms with E-state index in [1.807, 2.05) is 0 Å². The Labute approximate surface area is 94.1 Å². The maximum atomic E-state index is 10.5. The second-order valence-corrected chi connectivity index (χ2v) is 1.72. The molecule has 89 valence electrons. The van der Waals surface area contributed by atoms with E-state index in [2.05, 4.69) is 16.5 Å². The summed E-state index contributed by atoms with van der Waals surface area (Å²) in [5, 5.41) is 7.05. The Kier molecular flexibility index (Phi) is 20.2. The van der Waals surface area contributed by atoms with Gasteiger partial charge in [0.2, 0.25) is 0 Å². The molecule has 0 amide bonds. The minimum Gasteiger partial charge on any atom is -0.693 e. The first-order valence-electron chi connectivity index (χ1n) is 3.02. The van der Waals surface area contributed by atoms with Crippen molar-refractivity contribution in [2.45, 2.75) is 13.8 Å². The Hall–Kier alpha value is -0.791. The molecule has 1 aromatic rings. The summed E-state index contributed by atoms with van der Waals surface area (Å²) in [6.07, 6.45) is 2.62. The number of hydrogen-bond donors (Lipinski definition) is 0. The maximum absolute atomic E-state index is 10.5. The zero-order chi connectivity index (χ0) is 8.85. The van der Waals surface area contributed by atoms with E-state index in [1.54, 1.807) is 6.92 Å². The zero-order valence-corrected chi connectivity index (χ0v) is 9.15. The first-order valence-corrected chi connectivity index (χ1v) is 3.02. The molecule has 1 heterocycles. The quantitative estimate of drug-likeness (QED) is 0.514. The van der Waals surface area contributed by atoms with E-state index < -0.39 is 0 Å². The normalized spacial score (nSPS) is 6.57. The van der Waals surface area contributed by atoms with E-state index in [0.717, 1.165) is 4.68 Å². The molecule has 0 aliphatic rings. The van der Waals surface area contributed by atoms with Crippen molar-refractivity contribution in [3.8, 4) is 0 Å². The summed E-state index contributed by atoms with van der Waals surface area (Å²) in [6.45, 7) is 3.14. The van der Waals surface area contributed by atoms with Crippen molar-refractivity contribution in [1.29, 1.82) is 0 Å². The van der Waals surface area contributed by atoms with Gasteiger partial charge >= 0.3 is 0 Å². The van der Waals surface area contributed by atoms with Crippen LogP contribution in [0.1, 0.15) is 17.4 Å². The molecule has 0 unspecified atom stereocenters. The van der Waals surface area contributed by atoms with Gasteiger partial charge in [0.15, 0.2) is 0 Å². The molecular weight excluding hydrogens is 236 g/mol. The summed E-state index contributed by atoms with van der Waals surface area (Å²) in [4.78, 5) is 10.5. The van der Waals surface area contributed by atoms with Crippen LogP contribution >= 0.6 is 0 Å². The molecule has 0 spiro atoms. The minimum absolute atomic E-state index is 0. The first-order chi connectivity index (χ1) is 5.20. The van der Waals surface area contributed by atoms with E-state index in [0.29, 0.717) is 5.69 Å². The standard InChI is InChI=1S/C5H6N3O.CH4N.Cu.2H2N/c1-4-3-8(5(2)9)7-6-4;1-2;;;/h1-2H3;2H,1H3;;2*1H2/q2*-1;;2*-1. The average molecular weight is 250 g/mol. The van der Waals surface area contributed by atoms with Gasteiger partial charge in [-0.1, -0.05) is 12.1 Å². The van der Waals surface area contributed by atoms with Crippen molar-refractivity contribution in [2.75, 3.05) is 7.05 Å². The van der Waals surface area contributed by atoms with Gasteiger partial charge in [-0.2, -0.15) is 12.1 Å². The Bertz CT molecular complexity index is 238. The third-order valence-electron chi connectivity index (χ3n) is 0.850. The fraction of sp³-hybridized carbons (Fsp3) is 0.500. The molecule has 0 saturated carbocycles. The van der Waals surface area contributed by atoms with Gasteiger partial charge in [0.1, 0.15) is 0 Å². The first kappa shape index (κ1) is 23.2. The molecule has 8 heteroatoms. The number of aromatic nitrogens is 3. The second-order valence-electron chi connectivity index (χ2n) is 1.72. The summed E-state index contributed by atoms with van der Waals surface area (Å²) in [6, 6.07) is 0. The number of hydrogen-bond acceptors (Lipinski definition) is 3. The largest absolute Gasteiger partial charge is 0.693 e. The fourth-order valence-corrected chi connectivity index (χ4v) is 0.451. The smallest absolute Gasteiger partial charge is 0.0887 e. The summed E-state index contributed by atoms with van der Waals surface area (Å²) in [5.41, 5.74) is 6.38. The molecule has 5 N–H and O–H groups in total. The van der Waals surface area contributed by atoms with Crippen LogP contribution in [0, 0.1) is 13.1 Å². The van der Waals surface area contributed by atoms with Crippen LogP contribution in [0.15, 0.2) is 0 Å². The fourth-order valence-electron chi connectivity index (χ4n) is 0.451. The van der Waals surface area contributed by atoms with E-state index in [-0.39, 0.29) is 35.3 Å². The molecule has 7 nitrogen and oxygen atoms in total. The van der Waals surface area contributed by atoms with Crippen LogP contribution in [0.25, 0.3) is 18.0 Å². The molecule has 0 bridgehead atoms. The van der Waals surface area contributed by atoms with E-state index in [1.165, 1.54) is 14.0 Å². The third kappa shape index (κ3) is 7.84. The van der Waals surface area contributed by atoms with Crippen LogP contribution in [0.5, 0.6) is 0 Å². The van der Waals surface area contributed by atoms with Crippen LogP contribution < -0.4 is 0 Å². The van der Waals surface area contributed by atoms with Gasteiger partial charge < -0.3 is 27.5 Å². The molecule has 1 rings (SSSR count). The number of rotatable bonds is 0. The van der Waals surface area contributed by atoms with Crippen molar-refractivity contribution in [3.63, 3.8) is 0 Å². The van der Waals surface area contributed by atoms with Gasteiger partial charge in [0, 0.05) is 17.1 Å². The van der Waals surface area contributed by atoms with Crippen LogP contribution in [-0.2, 0) is 17.1 Å². The molecule has 1 radical (unpaired) electrons. The van der Waals surface area contributed by atoms with E-state index in [4.69, 9.17) is 5.73 Å². The molecule has 0 aromatic carbocycles. The number of nitrogens with two attached hydrogens (primary N) is 2. The van der Waals surface area contributed by atoms with Crippen LogP contribution in [0.4, 0.5) is 0 Å². The van der Waals surface area contributed by atoms with E-state index in [9.17, 15) is 4.79 Å². The molecule has 0 aliphatic heterocycles. The van der Waals surface area contributed by atoms with Crippen molar-refractivity contribution in [1.82, 2.24) is 15.0 Å². The minimum atomic E-state index is -0.171. The van der Waals surface area contributed by atoms with Crippen molar-refractivity contribution >= 4 is 5.91 Å². The Morgan fingerprint density at radius 3 is 2.00 bits per heavy atom. The maximum Gasteiger partial charge on any atom is 0.0887 e. The second kappa shape index (κ2) is 12.2. The molecule has 0 fully saturated rings. The van der Waals surface area contributed by atoms with Crippen LogP contribution in [0.2, 0.25) is 0 Å². The Balaban J connectivity index is -0.0000000942. The summed E-state index contributed by atoms with van der Waals surface area (Å²) < 4.78 is 1.08. The van der Waals surface area contributed by atoms with Crippen molar-refractivity contribution in [3.05, 3.63) is 29.9 Å². The SMILES string of the molecule is CC(=O)n1[c-]c(C)nn1.C[NH-].[Cu].[NH2-].[NH2-]. The number of nitrogens with one attached hydrogen (secondary N) is 1. The van der Waals surface area contributed by atoms with Gasteiger partial charge in [0.05, 0.1) is 5.91 Å².